The van der Waals surface area contributed by atoms with Crippen LogP contribution in [0.25, 0.3) is 0 Å². The van der Waals surface area contributed by atoms with Crippen molar-refractivity contribution < 1.29 is 0 Å². The Morgan fingerprint density at radius 3 is 2.85 bits per heavy atom. The van der Waals surface area contributed by atoms with Gasteiger partial charge in [-0.15, -0.1) is 12.3 Å². The van der Waals surface area contributed by atoms with Crippen molar-refractivity contribution in [3.63, 3.8) is 0 Å². The lowest BCUT2D eigenvalue weighted by molar-refractivity contribution is 0.125. The van der Waals surface area contributed by atoms with Crippen molar-refractivity contribution in [3.05, 3.63) is 35.9 Å². The first-order chi connectivity index (χ1) is 9.83. The van der Waals surface area contributed by atoms with Crippen LogP contribution in [0.3, 0.4) is 0 Å². The van der Waals surface area contributed by atoms with Gasteiger partial charge in [0.25, 0.3) is 0 Å². The fraction of sp³-hybridized carbons (Fsp3) is 0.556. The highest BCUT2D eigenvalue weighted by atomic mass is 15.2. The largest absolute Gasteiger partial charge is 0.311 e. The monoisotopic (exact) mass is 270 g/mol. The van der Waals surface area contributed by atoms with Gasteiger partial charge < -0.3 is 5.32 Å². The molecule has 1 aromatic carbocycles. The Labute approximate surface area is 123 Å². The first kappa shape index (κ1) is 15.1. The highest BCUT2D eigenvalue weighted by Gasteiger charge is 2.26. The lowest BCUT2D eigenvalue weighted by Gasteiger charge is -2.40. The van der Waals surface area contributed by atoms with Crippen LogP contribution in [-0.4, -0.2) is 36.6 Å². The van der Waals surface area contributed by atoms with Crippen LogP contribution < -0.4 is 5.32 Å². The predicted octanol–water partition coefficient (Wildman–Crippen LogP) is 2.69. The summed E-state index contributed by atoms with van der Waals surface area (Å²) < 4.78 is 0. The number of unbranched alkanes of at least 4 members (excludes halogenated alkanes) is 1. The minimum Gasteiger partial charge on any atom is -0.311 e. The van der Waals surface area contributed by atoms with E-state index in [4.69, 9.17) is 6.42 Å². The summed E-state index contributed by atoms with van der Waals surface area (Å²) in [6, 6.07) is 12.0. The van der Waals surface area contributed by atoms with Gasteiger partial charge in [-0.2, -0.15) is 0 Å². The van der Waals surface area contributed by atoms with E-state index < -0.39 is 0 Å². The third-order valence-electron chi connectivity index (χ3n) is 4.18. The van der Waals surface area contributed by atoms with Crippen molar-refractivity contribution in [2.24, 2.45) is 0 Å². The molecule has 2 rings (SSSR count). The molecule has 1 saturated heterocycles. The zero-order valence-electron chi connectivity index (χ0n) is 12.5. The third kappa shape index (κ3) is 4.37. The molecule has 1 aromatic rings. The van der Waals surface area contributed by atoms with Gasteiger partial charge in [0.1, 0.15) is 0 Å². The van der Waals surface area contributed by atoms with Crippen molar-refractivity contribution in [2.75, 3.05) is 19.6 Å². The molecule has 0 bridgehead atoms. The summed E-state index contributed by atoms with van der Waals surface area (Å²) in [5.74, 6) is 2.75. The summed E-state index contributed by atoms with van der Waals surface area (Å²) in [6.45, 7) is 5.65. The van der Waals surface area contributed by atoms with Gasteiger partial charge in [0.05, 0.1) is 0 Å². The molecule has 20 heavy (non-hydrogen) atoms. The SMILES string of the molecule is C#CCCCN1CC(Cc2ccccc2)NCC1CC. The zero-order chi connectivity index (χ0) is 14.2. The molecule has 0 aromatic heterocycles. The van der Waals surface area contributed by atoms with Crippen molar-refractivity contribution in [1.29, 1.82) is 0 Å². The Morgan fingerprint density at radius 2 is 2.15 bits per heavy atom. The van der Waals surface area contributed by atoms with E-state index in [1.807, 2.05) is 0 Å². The fourth-order valence-electron chi connectivity index (χ4n) is 3.02. The number of nitrogens with one attached hydrogen (secondary N) is 1. The van der Waals surface area contributed by atoms with E-state index in [2.05, 4.69) is 53.4 Å². The van der Waals surface area contributed by atoms with Gasteiger partial charge in [-0.05, 0) is 31.4 Å². The maximum atomic E-state index is 5.36. The number of benzene rings is 1. The second kappa shape index (κ2) is 8.09. The average Bonchev–Trinajstić information content (AvgIpc) is 2.49. The van der Waals surface area contributed by atoms with Crippen molar-refractivity contribution in [1.82, 2.24) is 10.2 Å². The molecule has 1 aliphatic rings. The molecule has 1 aliphatic heterocycles. The molecule has 1 heterocycles. The minimum atomic E-state index is 0.561. The Bertz CT molecular complexity index is 421. The van der Waals surface area contributed by atoms with Crippen LogP contribution in [-0.2, 0) is 6.42 Å². The number of terminal acetylenes is 1. The molecule has 0 amide bonds. The Hall–Kier alpha value is -1.30. The van der Waals surface area contributed by atoms with Crippen LogP contribution in [0.5, 0.6) is 0 Å². The van der Waals surface area contributed by atoms with Crippen LogP contribution in [0.15, 0.2) is 30.3 Å². The smallest absolute Gasteiger partial charge is 0.0236 e. The maximum absolute atomic E-state index is 5.36. The second-order valence-corrected chi connectivity index (χ2v) is 5.66. The fourth-order valence-corrected chi connectivity index (χ4v) is 3.02. The topological polar surface area (TPSA) is 15.3 Å². The van der Waals surface area contributed by atoms with Gasteiger partial charge in [-0.25, -0.2) is 0 Å². The van der Waals surface area contributed by atoms with Crippen molar-refractivity contribution in [2.45, 2.75) is 44.7 Å². The predicted molar refractivity (Wildman–Crippen MR) is 85.7 cm³/mol. The van der Waals surface area contributed by atoms with Crippen LogP contribution in [0.2, 0.25) is 0 Å². The number of hydrogen-bond acceptors (Lipinski definition) is 2. The molecule has 2 nitrogen and oxygen atoms in total. The first-order valence-electron chi connectivity index (χ1n) is 7.78. The second-order valence-electron chi connectivity index (χ2n) is 5.66. The van der Waals surface area contributed by atoms with E-state index >= 15 is 0 Å². The zero-order valence-corrected chi connectivity index (χ0v) is 12.5. The van der Waals surface area contributed by atoms with Crippen molar-refractivity contribution in [3.8, 4) is 12.3 Å². The van der Waals surface area contributed by atoms with Crippen LogP contribution in [0.1, 0.15) is 31.7 Å². The van der Waals surface area contributed by atoms with Gasteiger partial charge in [-0.3, -0.25) is 4.90 Å². The summed E-state index contributed by atoms with van der Waals surface area (Å²) in [7, 11) is 0. The standard InChI is InChI=1S/C18H26N2/c1-3-5-9-12-20-15-17(19-14-18(20)4-2)13-16-10-7-6-8-11-16/h1,6-8,10-11,17-19H,4-5,9,12-15H2,2H3. The first-order valence-corrected chi connectivity index (χ1v) is 7.78. The van der Waals surface area contributed by atoms with E-state index in [-0.39, 0.29) is 0 Å². The molecule has 108 valence electrons. The summed E-state index contributed by atoms with van der Waals surface area (Å²) in [5.41, 5.74) is 1.42. The molecular weight excluding hydrogens is 244 g/mol. The van der Waals surface area contributed by atoms with E-state index in [1.54, 1.807) is 0 Å². The molecule has 2 unspecified atom stereocenters. The van der Waals surface area contributed by atoms with Crippen LogP contribution >= 0.6 is 0 Å². The number of piperazine rings is 1. The van der Waals surface area contributed by atoms with Gasteiger partial charge in [0.15, 0.2) is 0 Å². The normalized spacial score (nSPS) is 23.4. The van der Waals surface area contributed by atoms with Crippen molar-refractivity contribution >= 4 is 0 Å². The minimum absolute atomic E-state index is 0.561. The summed E-state index contributed by atoms with van der Waals surface area (Å²) in [6.07, 6.45) is 9.69. The molecular formula is C18H26N2. The molecule has 0 saturated carbocycles. The lowest BCUT2D eigenvalue weighted by Crippen LogP contribution is -2.57. The van der Waals surface area contributed by atoms with E-state index in [1.165, 1.54) is 12.0 Å². The Kier molecular flexibility index (Phi) is 6.11. The molecule has 0 spiro atoms. The van der Waals surface area contributed by atoms with E-state index in [0.717, 1.165) is 38.9 Å². The Morgan fingerprint density at radius 1 is 1.35 bits per heavy atom. The lowest BCUT2D eigenvalue weighted by atomic mass is 10.0. The molecule has 1 N–H and O–H groups in total. The van der Waals surface area contributed by atoms with E-state index in [0.29, 0.717) is 12.1 Å². The highest BCUT2D eigenvalue weighted by Crippen LogP contribution is 2.14. The number of nitrogens with zero attached hydrogens (tertiary/aromatic N) is 1. The molecule has 2 atom stereocenters. The van der Waals surface area contributed by atoms with Crippen LogP contribution in [0, 0.1) is 12.3 Å². The molecule has 2 heteroatoms. The molecule has 0 aliphatic carbocycles. The molecule has 0 radical (unpaired) electrons. The quantitative estimate of drug-likeness (QED) is 0.631. The summed E-state index contributed by atoms with van der Waals surface area (Å²) in [5, 5.41) is 3.71. The summed E-state index contributed by atoms with van der Waals surface area (Å²) >= 11 is 0. The van der Waals surface area contributed by atoms with Gasteiger partial charge in [-0.1, -0.05) is 37.3 Å². The number of rotatable bonds is 6. The van der Waals surface area contributed by atoms with E-state index in [9.17, 15) is 0 Å². The Balaban J connectivity index is 1.88. The van der Waals surface area contributed by atoms with Gasteiger partial charge in [0.2, 0.25) is 0 Å². The third-order valence-corrected chi connectivity index (χ3v) is 4.18. The van der Waals surface area contributed by atoms with Crippen LogP contribution in [0.4, 0.5) is 0 Å². The average molecular weight is 270 g/mol. The van der Waals surface area contributed by atoms with Gasteiger partial charge in [0, 0.05) is 31.6 Å². The summed E-state index contributed by atoms with van der Waals surface area (Å²) in [4.78, 5) is 2.63. The number of hydrogen-bond donors (Lipinski definition) is 1. The molecule has 1 fully saturated rings. The van der Waals surface area contributed by atoms with Gasteiger partial charge >= 0.3 is 0 Å². The maximum Gasteiger partial charge on any atom is 0.0236 e. The highest BCUT2D eigenvalue weighted by molar-refractivity contribution is 5.16.